The van der Waals surface area contributed by atoms with E-state index in [1.807, 2.05) is 0 Å². The summed E-state index contributed by atoms with van der Waals surface area (Å²) >= 11 is 0. The van der Waals surface area contributed by atoms with Gasteiger partial charge >= 0.3 is 5.97 Å². The minimum absolute atomic E-state index is 0.267. The average molecular weight is 161 g/mol. The van der Waals surface area contributed by atoms with Crippen molar-refractivity contribution in [1.29, 1.82) is 0 Å². The molecule has 0 aromatic rings. The van der Waals surface area contributed by atoms with Gasteiger partial charge < -0.3 is 9.47 Å². The lowest BCUT2D eigenvalue weighted by atomic mass is 10.3. The van der Waals surface area contributed by atoms with E-state index in [1.165, 1.54) is 7.11 Å². The first-order valence-electron chi connectivity index (χ1n) is 3.36. The highest BCUT2D eigenvalue weighted by Gasteiger charge is 2.20. The van der Waals surface area contributed by atoms with E-state index in [0.29, 0.717) is 6.61 Å². The van der Waals surface area contributed by atoms with Crippen molar-refractivity contribution in [2.45, 2.75) is 6.04 Å². The highest BCUT2D eigenvalue weighted by molar-refractivity contribution is 5.75. The first kappa shape index (κ1) is 10.4. The van der Waals surface area contributed by atoms with E-state index in [0.717, 1.165) is 0 Å². The molecule has 0 amide bonds. The van der Waals surface area contributed by atoms with E-state index >= 15 is 0 Å². The number of esters is 1. The van der Waals surface area contributed by atoms with Gasteiger partial charge in [-0.05, 0) is 14.1 Å². The molecule has 0 radical (unpaired) electrons. The molecule has 0 spiro atoms. The van der Waals surface area contributed by atoms with Crippen LogP contribution in [0.5, 0.6) is 0 Å². The molecule has 0 saturated carbocycles. The topological polar surface area (TPSA) is 38.8 Å². The number of carbonyl (C=O) groups is 1. The summed E-state index contributed by atoms with van der Waals surface area (Å²) in [5.41, 5.74) is 0. The summed E-state index contributed by atoms with van der Waals surface area (Å²) < 4.78 is 9.41. The van der Waals surface area contributed by atoms with E-state index in [4.69, 9.17) is 4.74 Å². The van der Waals surface area contributed by atoms with Gasteiger partial charge in [0.15, 0.2) is 0 Å². The monoisotopic (exact) mass is 161 g/mol. The van der Waals surface area contributed by atoms with Crippen LogP contribution in [0.15, 0.2) is 0 Å². The molecular weight excluding hydrogens is 146 g/mol. The fraction of sp³-hybridized carbons (Fsp3) is 0.857. The molecule has 0 aromatic carbocycles. The molecule has 1 unspecified atom stereocenters. The van der Waals surface area contributed by atoms with E-state index < -0.39 is 0 Å². The molecule has 0 aliphatic rings. The Bertz CT molecular complexity index is 125. The Morgan fingerprint density at radius 2 is 2.00 bits per heavy atom. The van der Waals surface area contributed by atoms with Crippen molar-refractivity contribution in [3.63, 3.8) is 0 Å². The lowest BCUT2D eigenvalue weighted by molar-refractivity contribution is -0.147. The van der Waals surface area contributed by atoms with Gasteiger partial charge in [-0.1, -0.05) is 0 Å². The Hall–Kier alpha value is -0.610. The fourth-order valence-electron chi connectivity index (χ4n) is 0.722. The second-order valence-electron chi connectivity index (χ2n) is 2.46. The molecule has 0 fully saturated rings. The molecule has 0 aromatic heterocycles. The zero-order valence-corrected chi connectivity index (χ0v) is 7.46. The molecule has 11 heavy (non-hydrogen) atoms. The minimum atomic E-state index is -0.301. The van der Waals surface area contributed by atoms with Gasteiger partial charge in [-0.2, -0.15) is 0 Å². The highest BCUT2D eigenvalue weighted by atomic mass is 16.5. The number of nitrogens with zero attached hydrogens (tertiary/aromatic N) is 1. The Morgan fingerprint density at radius 3 is 2.27 bits per heavy atom. The van der Waals surface area contributed by atoms with Crippen LogP contribution in [0.1, 0.15) is 0 Å². The van der Waals surface area contributed by atoms with Gasteiger partial charge in [0.1, 0.15) is 6.04 Å². The lowest BCUT2D eigenvalue weighted by Crippen LogP contribution is -2.40. The average Bonchev–Trinajstić information content (AvgIpc) is 1.98. The number of methoxy groups -OCH3 is 2. The van der Waals surface area contributed by atoms with Crippen LogP contribution in [-0.2, 0) is 14.3 Å². The van der Waals surface area contributed by atoms with Crippen LogP contribution >= 0.6 is 0 Å². The zero-order chi connectivity index (χ0) is 8.85. The molecule has 0 aliphatic heterocycles. The molecule has 4 nitrogen and oxygen atoms in total. The number of likely N-dealkylation sites (N-methyl/N-ethyl adjacent to an activating group) is 1. The zero-order valence-electron chi connectivity index (χ0n) is 7.46. The quantitative estimate of drug-likeness (QED) is 0.532. The van der Waals surface area contributed by atoms with Gasteiger partial charge in [-0.3, -0.25) is 9.69 Å². The second kappa shape index (κ2) is 5.09. The highest BCUT2D eigenvalue weighted by Crippen LogP contribution is 1.95. The minimum Gasteiger partial charge on any atom is -0.468 e. The van der Waals surface area contributed by atoms with Crippen molar-refractivity contribution in [2.24, 2.45) is 0 Å². The summed E-state index contributed by atoms with van der Waals surface area (Å²) in [6, 6.07) is -0.301. The van der Waals surface area contributed by atoms with Gasteiger partial charge in [0, 0.05) is 7.11 Å². The molecule has 0 aliphatic carbocycles. The third-order valence-electron chi connectivity index (χ3n) is 1.42. The smallest absolute Gasteiger partial charge is 0.325 e. The molecule has 0 N–H and O–H groups in total. The molecule has 0 bridgehead atoms. The lowest BCUT2D eigenvalue weighted by Gasteiger charge is -2.20. The third-order valence-corrected chi connectivity index (χ3v) is 1.42. The van der Waals surface area contributed by atoms with E-state index in [9.17, 15) is 4.79 Å². The predicted molar refractivity (Wildman–Crippen MR) is 41.4 cm³/mol. The standard InChI is InChI=1S/C7H15NO3/c1-8(2)6(5-10-3)7(9)11-4/h6H,5H2,1-4H3. The molecule has 4 heteroatoms. The van der Waals surface area contributed by atoms with Gasteiger partial charge in [0.2, 0.25) is 0 Å². The van der Waals surface area contributed by atoms with Crippen LogP contribution in [0.25, 0.3) is 0 Å². The first-order valence-corrected chi connectivity index (χ1v) is 3.36. The SMILES string of the molecule is COCC(C(=O)OC)N(C)C. The van der Waals surface area contributed by atoms with Gasteiger partial charge in [-0.15, -0.1) is 0 Å². The van der Waals surface area contributed by atoms with Crippen LogP contribution < -0.4 is 0 Å². The number of ether oxygens (including phenoxy) is 2. The van der Waals surface area contributed by atoms with Gasteiger partial charge in [-0.25, -0.2) is 0 Å². The van der Waals surface area contributed by atoms with E-state index in [1.54, 1.807) is 26.1 Å². The molecular formula is C7H15NO3. The molecule has 0 heterocycles. The van der Waals surface area contributed by atoms with E-state index in [-0.39, 0.29) is 12.0 Å². The Morgan fingerprint density at radius 1 is 1.45 bits per heavy atom. The predicted octanol–water partition coefficient (Wildman–Crippen LogP) is -0.264. The number of rotatable bonds is 4. The fourth-order valence-corrected chi connectivity index (χ4v) is 0.722. The van der Waals surface area contributed by atoms with Crippen LogP contribution in [0.4, 0.5) is 0 Å². The Labute approximate surface area is 67.1 Å². The molecule has 0 rings (SSSR count). The van der Waals surface area contributed by atoms with E-state index in [2.05, 4.69) is 4.74 Å². The van der Waals surface area contributed by atoms with Crippen LogP contribution in [0, 0.1) is 0 Å². The van der Waals surface area contributed by atoms with Crippen molar-refractivity contribution in [2.75, 3.05) is 34.9 Å². The summed E-state index contributed by atoms with van der Waals surface area (Å²) in [6.45, 7) is 0.361. The maximum Gasteiger partial charge on any atom is 0.325 e. The summed E-state index contributed by atoms with van der Waals surface area (Å²) in [7, 11) is 6.54. The Kier molecular flexibility index (Phi) is 4.81. The van der Waals surface area contributed by atoms with Crippen molar-refractivity contribution in [3.05, 3.63) is 0 Å². The van der Waals surface area contributed by atoms with Gasteiger partial charge in [0.25, 0.3) is 0 Å². The number of hydrogen-bond donors (Lipinski definition) is 0. The summed E-state index contributed by atoms with van der Waals surface area (Å²) in [5, 5.41) is 0. The largest absolute Gasteiger partial charge is 0.468 e. The normalized spacial score (nSPS) is 13.2. The van der Waals surface area contributed by atoms with Crippen molar-refractivity contribution >= 4 is 5.97 Å². The third kappa shape index (κ3) is 3.34. The van der Waals surface area contributed by atoms with Gasteiger partial charge in [0.05, 0.1) is 13.7 Å². The van der Waals surface area contributed by atoms with Crippen molar-refractivity contribution in [1.82, 2.24) is 4.90 Å². The molecule has 1 atom stereocenters. The summed E-state index contributed by atoms with van der Waals surface area (Å²) in [4.78, 5) is 12.8. The van der Waals surface area contributed by atoms with Crippen LogP contribution in [-0.4, -0.2) is 51.8 Å². The second-order valence-corrected chi connectivity index (χ2v) is 2.46. The van der Waals surface area contributed by atoms with Crippen molar-refractivity contribution in [3.8, 4) is 0 Å². The van der Waals surface area contributed by atoms with Crippen molar-refractivity contribution < 1.29 is 14.3 Å². The maximum absolute atomic E-state index is 11.0. The summed E-state index contributed by atoms with van der Waals surface area (Å²) in [5.74, 6) is -0.267. The molecule has 0 saturated heterocycles. The number of hydrogen-bond acceptors (Lipinski definition) is 4. The summed E-state index contributed by atoms with van der Waals surface area (Å²) in [6.07, 6.45) is 0. The van der Waals surface area contributed by atoms with Crippen LogP contribution in [0.3, 0.4) is 0 Å². The maximum atomic E-state index is 11.0. The Balaban J connectivity index is 3.98. The van der Waals surface area contributed by atoms with Crippen LogP contribution in [0.2, 0.25) is 0 Å². The number of carbonyl (C=O) groups excluding carboxylic acids is 1. The molecule has 66 valence electrons. The first-order chi connectivity index (χ1) is 5.13.